The number of likely N-dealkylation sites (N-methyl/N-ethyl adjacent to an activating group) is 1. The third kappa shape index (κ3) is 4.66. The van der Waals surface area contributed by atoms with Crippen LogP contribution in [-0.2, 0) is 9.53 Å². The van der Waals surface area contributed by atoms with Crippen LogP contribution >= 0.6 is 0 Å². The number of pyridine rings is 2. The minimum Gasteiger partial charge on any atom is -0.474 e. The van der Waals surface area contributed by atoms with E-state index in [9.17, 15) is 4.79 Å². The van der Waals surface area contributed by atoms with Gasteiger partial charge in [0.2, 0.25) is 11.8 Å². The largest absolute Gasteiger partial charge is 0.474 e. The number of rotatable bonds is 4. The number of amides is 1. The van der Waals surface area contributed by atoms with Crippen molar-refractivity contribution in [2.24, 2.45) is 5.92 Å². The summed E-state index contributed by atoms with van der Waals surface area (Å²) < 4.78 is 11.9. The maximum absolute atomic E-state index is 12.9. The molecule has 0 radical (unpaired) electrons. The fraction of sp³-hybridized carbons (Fsp3) is 0.625. The van der Waals surface area contributed by atoms with E-state index >= 15 is 0 Å². The van der Waals surface area contributed by atoms with Gasteiger partial charge in [-0.05, 0) is 44.9 Å². The van der Waals surface area contributed by atoms with E-state index in [1.165, 1.54) is 0 Å². The van der Waals surface area contributed by atoms with Gasteiger partial charge in [-0.2, -0.15) is 4.98 Å². The summed E-state index contributed by atoms with van der Waals surface area (Å²) in [5, 5.41) is 0.945. The van der Waals surface area contributed by atoms with Gasteiger partial charge < -0.3 is 24.2 Å². The lowest BCUT2D eigenvalue weighted by Crippen LogP contribution is -2.49. The topological polar surface area (TPSA) is 71.0 Å². The maximum atomic E-state index is 12.9. The first-order valence-electron chi connectivity index (χ1n) is 11.9. The Morgan fingerprint density at radius 3 is 2.56 bits per heavy atom. The Morgan fingerprint density at radius 1 is 1.06 bits per heavy atom. The van der Waals surface area contributed by atoms with Crippen molar-refractivity contribution in [1.29, 1.82) is 0 Å². The van der Waals surface area contributed by atoms with E-state index < -0.39 is 0 Å². The molecule has 8 heteroatoms. The van der Waals surface area contributed by atoms with Gasteiger partial charge in [-0.1, -0.05) is 0 Å². The molecule has 0 bridgehead atoms. The Morgan fingerprint density at radius 2 is 1.81 bits per heavy atom. The molecule has 2 aromatic rings. The molecule has 3 aliphatic rings. The first-order chi connectivity index (χ1) is 15.7. The molecule has 5 rings (SSSR count). The highest BCUT2D eigenvalue weighted by Gasteiger charge is 2.32. The van der Waals surface area contributed by atoms with Crippen molar-refractivity contribution in [1.82, 2.24) is 19.8 Å². The summed E-state index contributed by atoms with van der Waals surface area (Å²) in [6.45, 7) is 6.71. The summed E-state index contributed by atoms with van der Waals surface area (Å²) >= 11 is 0. The van der Waals surface area contributed by atoms with Crippen molar-refractivity contribution in [3.05, 3.63) is 24.4 Å². The number of hydrogen-bond donors (Lipinski definition) is 0. The Kier molecular flexibility index (Phi) is 6.41. The minimum atomic E-state index is 0.0855. The number of hydrogen-bond acceptors (Lipinski definition) is 7. The van der Waals surface area contributed by atoms with Gasteiger partial charge in [0.25, 0.3) is 0 Å². The van der Waals surface area contributed by atoms with Crippen LogP contribution in [0, 0.1) is 5.92 Å². The lowest BCUT2D eigenvalue weighted by atomic mass is 9.86. The number of piperazine rings is 1. The highest BCUT2D eigenvalue weighted by atomic mass is 16.5. The predicted molar refractivity (Wildman–Crippen MR) is 123 cm³/mol. The molecule has 2 aromatic heterocycles. The highest BCUT2D eigenvalue weighted by Crippen LogP contribution is 2.33. The number of nitrogens with zero attached hydrogens (tertiary/aromatic N) is 5. The molecule has 0 atom stereocenters. The first-order valence-corrected chi connectivity index (χ1v) is 11.9. The SMILES string of the molecule is CN1CCN(C(=O)C2CCC(Oc3nc(N4CCOCC4)cc4ncccc34)CC2)CC1. The molecule has 1 amide bonds. The summed E-state index contributed by atoms with van der Waals surface area (Å²) in [5.41, 5.74) is 0.901. The van der Waals surface area contributed by atoms with E-state index in [2.05, 4.69) is 26.7 Å². The molecule has 0 N–H and O–H groups in total. The summed E-state index contributed by atoms with van der Waals surface area (Å²) in [4.78, 5) is 29.0. The summed E-state index contributed by atoms with van der Waals surface area (Å²) in [6.07, 6.45) is 5.43. The molecule has 2 aliphatic heterocycles. The number of carbonyl (C=O) groups is 1. The molecule has 172 valence electrons. The number of morpholine rings is 1. The molecule has 1 saturated carbocycles. The van der Waals surface area contributed by atoms with E-state index in [1.807, 2.05) is 24.4 Å². The number of carbonyl (C=O) groups excluding carboxylic acids is 1. The predicted octanol–water partition coefficient (Wildman–Crippen LogP) is 2.18. The highest BCUT2D eigenvalue weighted by molar-refractivity contribution is 5.85. The molecule has 4 heterocycles. The molecule has 8 nitrogen and oxygen atoms in total. The van der Waals surface area contributed by atoms with Crippen LogP contribution in [0.2, 0.25) is 0 Å². The van der Waals surface area contributed by atoms with Gasteiger partial charge in [0.05, 0.1) is 24.1 Å². The van der Waals surface area contributed by atoms with Gasteiger partial charge in [0.1, 0.15) is 11.9 Å². The van der Waals surface area contributed by atoms with Crippen LogP contribution in [0.25, 0.3) is 10.9 Å². The van der Waals surface area contributed by atoms with Crippen LogP contribution in [-0.4, -0.2) is 91.3 Å². The molecule has 0 aromatic carbocycles. The average molecular weight is 440 g/mol. The van der Waals surface area contributed by atoms with Crippen LogP contribution in [0.4, 0.5) is 5.82 Å². The normalized spacial score (nSPS) is 25.2. The van der Waals surface area contributed by atoms with Gasteiger partial charge in [-0.3, -0.25) is 9.78 Å². The molecule has 0 unspecified atom stereocenters. The van der Waals surface area contributed by atoms with E-state index in [0.29, 0.717) is 25.0 Å². The van der Waals surface area contributed by atoms with Crippen LogP contribution in [0.15, 0.2) is 24.4 Å². The van der Waals surface area contributed by atoms with Crippen molar-refractivity contribution in [3.63, 3.8) is 0 Å². The second-order valence-electron chi connectivity index (χ2n) is 9.18. The molecule has 3 fully saturated rings. The lowest BCUT2D eigenvalue weighted by molar-refractivity contribution is -0.138. The monoisotopic (exact) mass is 439 g/mol. The molecule has 1 aliphatic carbocycles. The van der Waals surface area contributed by atoms with Crippen molar-refractivity contribution in [2.75, 3.05) is 64.4 Å². The summed E-state index contributed by atoms with van der Waals surface area (Å²) in [7, 11) is 2.12. The van der Waals surface area contributed by atoms with E-state index in [1.54, 1.807) is 0 Å². The van der Waals surface area contributed by atoms with Crippen LogP contribution in [0.1, 0.15) is 25.7 Å². The van der Waals surface area contributed by atoms with Crippen molar-refractivity contribution in [3.8, 4) is 5.88 Å². The zero-order chi connectivity index (χ0) is 21.9. The van der Waals surface area contributed by atoms with Crippen LogP contribution in [0.5, 0.6) is 5.88 Å². The zero-order valence-corrected chi connectivity index (χ0v) is 18.9. The molecule has 32 heavy (non-hydrogen) atoms. The Hall–Kier alpha value is -2.45. The third-order valence-corrected chi connectivity index (χ3v) is 7.00. The van der Waals surface area contributed by atoms with Crippen molar-refractivity contribution >= 4 is 22.6 Å². The number of anilines is 1. The molecular formula is C24H33N5O3. The zero-order valence-electron chi connectivity index (χ0n) is 18.9. The molecule has 2 saturated heterocycles. The fourth-order valence-electron chi connectivity index (χ4n) is 4.95. The number of ether oxygens (including phenoxy) is 2. The van der Waals surface area contributed by atoms with Gasteiger partial charge in [-0.25, -0.2) is 0 Å². The fourth-order valence-corrected chi connectivity index (χ4v) is 4.95. The Balaban J connectivity index is 1.25. The second-order valence-corrected chi connectivity index (χ2v) is 9.18. The number of fused-ring (bicyclic) bond motifs is 1. The van der Waals surface area contributed by atoms with E-state index in [-0.39, 0.29) is 12.0 Å². The van der Waals surface area contributed by atoms with Crippen LogP contribution in [0.3, 0.4) is 0 Å². The summed E-state index contributed by atoms with van der Waals surface area (Å²) in [6, 6.07) is 5.99. The van der Waals surface area contributed by atoms with Gasteiger partial charge in [0.15, 0.2) is 0 Å². The second kappa shape index (κ2) is 9.58. The maximum Gasteiger partial charge on any atom is 0.225 e. The lowest BCUT2D eigenvalue weighted by Gasteiger charge is -2.36. The number of aromatic nitrogens is 2. The van der Waals surface area contributed by atoms with Gasteiger partial charge in [-0.15, -0.1) is 0 Å². The summed E-state index contributed by atoms with van der Waals surface area (Å²) in [5.74, 6) is 2.02. The third-order valence-electron chi connectivity index (χ3n) is 7.00. The van der Waals surface area contributed by atoms with E-state index in [4.69, 9.17) is 14.5 Å². The van der Waals surface area contributed by atoms with Crippen molar-refractivity contribution < 1.29 is 14.3 Å². The van der Waals surface area contributed by atoms with Gasteiger partial charge in [0, 0.05) is 57.4 Å². The van der Waals surface area contributed by atoms with E-state index in [0.717, 1.165) is 81.7 Å². The quantitative estimate of drug-likeness (QED) is 0.723. The molecular weight excluding hydrogens is 406 g/mol. The Bertz CT molecular complexity index is 932. The average Bonchev–Trinajstić information content (AvgIpc) is 2.85. The minimum absolute atomic E-state index is 0.0855. The van der Waals surface area contributed by atoms with Crippen LogP contribution < -0.4 is 9.64 Å². The smallest absolute Gasteiger partial charge is 0.225 e. The standard InChI is InChI=1S/C24H33N5O3/c1-27-9-11-29(12-10-27)24(30)18-4-6-19(7-5-18)32-23-20-3-2-8-25-21(20)17-22(26-23)28-13-15-31-16-14-28/h2-3,8,17-19H,4-7,9-16H2,1H3. The molecule has 0 spiro atoms. The van der Waals surface area contributed by atoms with Crippen molar-refractivity contribution in [2.45, 2.75) is 31.8 Å². The Labute approximate surface area is 189 Å². The van der Waals surface area contributed by atoms with Gasteiger partial charge >= 0.3 is 0 Å². The first kappa shape index (κ1) is 21.4.